The zero-order chi connectivity index (χ0) is 22.8. The van der Waals surface area contributed by atoms with E-state index in [1.165, 1.54) is 16.4 Å². The minimum absolute atomic E-state index is 0.00553. The van der Waals surface area contributed by atoms with Gasteiger partial charge in [-0.15, -0.1) is 0 Å². The van der Waals surface area contributed by atoms with Crippen molar-refractivity contribution in [3.8, 4) is 0 Å². The lowest BCUT2D eigenvalue weighted by atomic mass is 9.95. The van der Waals surface area contributed by atoms with Gasteiger partial charge in [-0.3, -0.25) is 9.69 Å². The Hall–Kier alpha value is -1.19. The summed E-state index contributed by atoms with van der Waals surface area (Å²) in [6, 6.07) is 6.19. The Balaban J connectivity index is 1.51. The van der Waals surface area contributed by atoms with Crippen molar-refractivity contribution in [1.29, 1.82) is 0 Å². The molecule has 9 heteroatoms. The number of sulfonamides is 1. The predicted molar refractivity (Wildman–Crippen MR) is 122 cm³/mol. The summed E-state index contributed by atoms with van der Waals surface area (Å²) in [5, 5.41) is 3.61. The molecule has 1 N–H and O–H groups in total. The van der Waals surface area contributed by atoms with Gasteiger partial charge in [-0.05, 0) is 64.8 Å². The molecule has 0 spiro atoms. The van der Waals surface area contributed by atoms with Crippen LogP contribution in [0, 0.1) is 5.92 Å². The Labute approximate surface area is 191 Å². The number of halogens is 1. The quantitative estimate of drug-likeness (QED) is 0.690. The molecule has 0 aliphatic carbocycles. The Morgan fingerprint density at radius 3 is 2.23 bits per heavy atom. The highest BCUT2D eigenvalue weighted by molar-refractivity contribution is 7.89. The summed E-state index contributed by atoms with van der Waals surface area (Å²) in [7, 11) is -3.56. The van der Waals surface area contributed by atoms with Crippen LogP contribution < -0.4 is 5.32 Å². The number of hydrogen-bond acceptors (Lipinski definition) is 5. The Kier molecular flexibility index (Phi) is 7.69. The number of morpholine rings is 1. The monoisotopic (exact) mass is 471 g/mol. The fourth-order valence-corrected chi connectivity index (χ4v) is 5.94. The molecular weight excluding hydrogens is 438 g/mol. The number of amides is 1. The fourth-order valence-electron chi connectivity index (χ4n) is 4.35. The van der Waals surface area contributed by atoms with E-state index in [1.807, 2.05) is 0 Å². The smallest absolute Gasteiger partial charge is 0.243 e. The minimum atomic E-state index is -3.56. The minimum Gasteiger partial charge on any atom is -0.373 e. The van der Waals surface area contributed by atoms with E-state index in [-0.39, 0.29) is 34.5 Å². The van der Waals surface area contributed by atoms with Crippen LogP contribution in [0.4, 0.5) is 0 Å². The molecule has 2 saturated heterocycles. The number of nitrogens with one attached hydrogen (secondary N) is 1. The van der Waals surface area contributed by atoms with Gasteiger partial charge >= 0.3 is 0 Å². The molecule has 1 amide bonds. The summed E-state index contributed by atoms with van der Waals surface area (Å²) < 4.78 is 32.9. The van der Waals surface area contributed by atoms with Crippen LogP contribution in [0.25, 0.3) is 0 Å². The molecule has 0 aromatic heterocycles. The molecule has 1 aromatic rings. The molecule has 2 atom stereocenters. The van der Waals surface area contributed by atoms with E-state index >= 15 is 0 Å². The van der Waals surface area contributed by atoms with Crippen molar-refractivity contribution >= 4 is 27.5 Å². The summed E-state index contributed by atoms with van der Waals surface area (Å²) >= 11 is 5.86. The first-order chi connectivity index (χ1) is 14.5. The maximum Gasteiger partial charge on any atom is 0.243 e. The third-order valence-electron chi connectivity index (χ3n) is 6.25. The van der Waals surface area contributed by atoms with Gasteiger partial charge in [0.15, 0.2) is 0 Å². The molecule has 1 aromatic carbocycles. The van der Waals surface area contributed by atoms with Gasteiger partial charge in [0.2, 0.25) is 15.9 Å². The highest BCUT2D eigenvalue weighted by Gasteiger charge is 2.35. The molecule has 0 bridgehead atoms. The van der Waals surface area contributed by atoms with Crippen molar-refractivity contribution in [1.82, 2.24) is 14.5 Å². The molecule has 0 saturated carbocycles. The molecule has 0 unspecified atom stereocenters. The SMILES string of the molecule is C[C@@H]1CN(C(C)(C)CNC(=O)C2CCN(S(=O)(=O)c3ccc(Cl)cc3)CC2)C[C@@H](C)O1. The average Bonchev–Trinajstić information content (AvgIpc) is 2.72. The van der Waals surface area contributed by atoms with Gasteiger partial charge in [-0.1, -0.05) is 11.6 Å². The van der Waals surface area contributed by atoms with Gasteiger partial charge in [-0.2, -0.15) is 4.31 Å². The number of rotatable bonds is 6. The number of hydrogen-bond donors (Lipinski definition) is 1. The van der Waals surface area contributed by atoms with Crippen molar-refractivity contribution in [2.75, 3.05) is 32.7 Å². The third kappa shape index (κ3) is 5.99. The van der Waals surface area contributed by atoms with Crippen LogP contribution in [0.3, 0.4) is 0 Å². The number of carbonyl (C=O) groups excluding carboxylic acids is 1. The van der Waals surface area contributed by atoms with E-state index in [1.54, 1.807) is 12.1 Å². The van der Waals surface area contributed by atoms with Crippen molar-refractivity contribution in [2.24, 2.45) is 5.92 Å². The van der Waals surface area contributed by atoms with Crippen LogP contribution in [-0.4, -0.2) is 74.0 Å². The van der Waals surface area contributed by atoms with Gasteiger partial charge in [-0.25, -0.2) is 8.42 Å². The van der Waals surface area contributed by atoms with E-state index in [4.69, 9.17) is 16.3 Å². The average molecular weight is 472 g/mol. The second kappa shape index (κ2) is 9.75. The lowest BCUT2D eigenvalue weighted by Gasteiger charge is -2.45. The topological polar surface area (TPSA) is 79.0 Å². The molecule has 3 rings (SSSR count). The summed E-state index contributed by atoms with van der Waals surface area (Å²) in [6.07, 6.45) is 1.38. The normalized spacial score (nSPS) is 24.8. The van der Waals surface area contributed by atoms with Crippen molar-refractivity contribution in [3.63, 3.8) is 0 Å². The molecule has 2 aliphatic heterocycles. The highest BCUT2D eigenvalue weighted by atomic mass is 35.5. The summed E-state index contributed by atoms with van der Waals surface area (Å²) in [5.74, 6) is -0.166. The van der Waals surface area contributed by atoms with Gasteiger partial charge in [0.1, 0.15) is 0 Å². The van der Waals surface area contributed by atoms with E-state index in [0.29, 0.717) is 37.5 Å². The lowest BCUT2D eigenvalue weighted by Crippen LogP contribution is -2.59. The molecule has 174 valence electrons. The summed E-state index contributed by atoms with van der Waals surface area (Å²) in [6.45, 7) is 11.3. The van der Waals surface area contributed by atoms with Gasteiger partial charge in [0, 0.05) is 49.2 Å². The standard InChI is InChI=1S/C22H34ClN3O4S/c1-16-13-25(14-17(2)30-16)22(3,4)15-24-21(27)18-9-11-26(12-10-18)31(28,29)20-7-5-19(23)6-8-20/h5-8,16-18H,9-15H2,1-4H3,(H,24,27)/t16-,17-/m1/s1. The molecular formula is C22H34ClN3O4S. The zero-order valence-electron chi connectivity index (χ0n) is 18.8. The van der Waals surface area contributed by atoms with Crippen LogP contribution in [-0.2, 0) is 19.6 Å². The molecule has 2 heterocycles. The van der Waals surface area contributed by atoms with Crippen LogP contribution in [0.2, 0.25) is 5.02 Å². The number of benzene rings is 1. The Morgan fingerprint density at radius 1 is 1.13 bits per heavy atom. The third-order valence-corrected chi connectivity index (χ3v) is 8.41. The largest absolute Gasteiger partial charge is 0.373 e. The van der Waals surface area contributed by atoms with Crippen LogP contribution in [0.5, 0.6) is 0 Å². The number of carbonyl (C=O) groups is 1. The van der Waals surface area contributed by atoms with E-state index in [0.717, 1.165) is 13.1 Å². The molecule has 31 heavy (non-hydrogen) atoms. The first kappa shape index (κ1) is 24.5. The van der Waals surface area contributed by atoms with Crippen LogP contribution in [0.1, 0.15) is 40.5 Å². The second-order valence-electron chi connectivity index (χ2n) is 9.32. The number of piperidine rings is 1. The molecule has 2 fully saturated rings. The summed E-state index contributed by atoms with van der Waals surface area (Å²) in [4.78, 5) is 15.4. The van der Waals surface area contributed by atoms with Gasteiger partial charge in [0.05, 0.1) is 17.1 Å². The molecule has 2 aliphatic rings. The van der Waals surface area contributed by atoms with Gasteiger partial charge < -0.3 is 10.1 Å². The first-order valence-corrected chi connectivity index (χ1v) is 12.7. The Morgan fingerprint density at radius 2 is 1.68 bits per heavy atom. The summed E-state index contributed by atoms with van der Waals surface area (Å²) in [5.41, 5.74) is -0.180. The predicted octanol–water partition coefficient (Wildman–Crippen LogP) is 2.74. The maximum absolute atomic E-state index is 12.8. The second-order valence-corrected chi connectivity index (χ2v) is 11.7. The first-order valence-electron chi connectivity index (χ1n) is 10.9. The Bertz CT molecular complexity index is 857. The van der Waals surface area contributed by atoms with Gasteiger partial charge in [0.25, 0.3) is 0 Å². The number of ether oxygens (including phenoxy) is 1. The fraction of sp³-hybridized carbons (Fsp3) is 0.682. The van der Waals surface area contributed by atoms with E-state index < -0.39 is 10.0 Å². The van der Waals surface area contributed by atoms with Crippen LogP contribution >= 0.6 is 11.6 Å². The van der Waals surface area contributed by atoms with Crippen molar-refractivity contribution in [3.05, 3.63) is 29.3 Å². The van der Waals surface area contributed by atoms with E-state index in [9.17, 15) is 13.2 Å². The van der Waals surface area contributed by atoms with Crippen LogP contribution in [0.15, 0.2) is 29.2 Å². The van der Waals surface area contributed by atoms with Crippen molar-refractivity contribution in [2.45, 2.75) is 63.2 Å². The lowest BCUT2D eigenvalue weighted by molar-refractivity contribution is -0.127. The highest BCUT2D eigenvalue weighted by Crippen LogP contribution is 2.25. The number of nitrogens with zero attached hydrogens (tertiary/aromatic N) is 2. The molecule has 0 radical (unpaired) electrons. The zero-order valence-corrected chi connectivity index (χ0v) is 20.4. The molecule has 7 nitrogen and oxygen atoms in total. The van der Waals surface area contributed by atoms with Crippen molar-refractivity contribution < 1.29 is 17.9 Å². The maximum atomic E-state index is 12.8. The van der Waals surface area contributed by atoms with E-state index in [2.05, 4.69) is 37.9 Å².